The Morgan fingerprint density at radius 1 is 1.38 bits per heavy atom. The van der Waals surface area contributed by atoms with Crippen LogP contribution in [0.3, 0.4) is 0 Å². The molecule has 0 radical (unpaired) electrons. The third kappa shape index (κ3) is 3.88. The summed E-state index contributed by atoms with van der Waals surface area (Å²) in [6.07, 6.45) is 0.863. The Morgan fingerprint density at radius 2 is 2.05 bits per heavy atom. The van der Waals surface area contributed by atoms with E-state index >= 15 is 0 Å². The summed E-state index contributed by atoms with van der Waals surface area (Å²) < 4.78 is 5.60. The van der Waals surface area contributed by atoms with E-state index in [4.69, 9.17) is 21.4 Å². The van der Waals surface area contributed by atoms with Gasteiger partial charge in [0, 0.05) is 11.1 Å². The molecule has 1 aliphatic rings. The number of carboxylic acid groups (broad SMARTS) is 1. The number of carbonyl (C=O) groups excluding carboxylic acids is 1. The second-order valence-electron chi connectivity index (χ2n) is 5.48. The van der Waals surface area contributed by atoms with Crippen molar-refractivity contribution < 1.29 is 19.4 Å². The van der Waals surface area contributed by atoms with Crippen molar-refractivity contribution in [2.75, 3.05) is 0 Å². The van der Waals surface area contributed by atoms with E-state index in [1.54, 1.807) is 18.2 Å². The van der Waals surface area contributed by atoms with Gasteiger partial charge >= 0.3 is 5.97 Å². The smallest absolute Gasteiger partial charge is 0.306 e. The van der Waals surface area contributed by atoms with Crippen molar-refractivity contribution >= 4 is 23.5 Å². The van der Waals surface area contributed by atoms with E-state index in [0.717, 1.165) is 0 Å². The van der Waals surface area contributed by atoms with E-state index in [0.29, 0.717) is 29.2 Å². The molecule has 1 aromatic carbocycles. The molecule has 21 heavy (non-hydrogen) atoms. The zero-order valence-electron chi connectivity index (χ0n) is 11.9. The molecule has 0 bridgehead atoms. The highest BCUT2D eigenvalue weighted by molar-refractivity contribution is 6.31. The Balaban J connectivity index is 2.05. The van der Waals surface area contributed by atoms with Crippen molar-refractivity contribution in [1.82, 2.24) is 5.32 Å². The fourth-order valence-corrected chi connectivity index (χ4v) is 2.41. The van der Waals surface area contributed by atoms with Gasteiger partial charge in [0.1, 0.15) is 5.75 Å². The van der Waals surface area contributed by atoms with E-state index in [9.17, 15) is 9.59 Å². The van der Waals surface area contributed by atoms with Gasteiger partial charge in [-0.05, 0) is 44.9 Å². The zero-order chi connectivity index (χ0) is 15.6. The van der Waals surface area contributed by atoms with Gasteiger partial charge in [-0.2, -0.15) is 0 Å². The predicted octanol–water partition coefficient (Wildman–Crippen LogP) is 2.72. The van der Waals surface area contributed by atoms with Crippen LogP contribution in [0.1, 0.15) is 37.0 Å². The molecule has 0 aromatic heterocycles. The molecular weight excluding hydrogens is 294 g/mol. The van der Waals surface area contributed by atoms with Gasteiger partial charge < -0.3 is 15.2 Å². The molecule has 6 heteroatoms. The summed E-state index contributed by atoms with van der Waals surface area (Å²) in [5, 5.41) is 12.1. The fourth-order valence-electron chi connectivity index (χ4n) is 2.24. The minimum atomic E-state index is -0.813. The minimum absolute atomic E-state index is 0.0576. The number of nitrogens with one attached hydrogen (secondary N) is 1. The Bertz CT molecular complexity index is 553. The minimum Gasteiger partial charge on any atom is -0.490 e. The Kier molecular flexibility index (Phi) is 4.73. The van der Waals surface area contributed by atoms with Crippen LogP contribution < -0.4 is 10.1 Å². The SMILES string of the molecule is CC(C)Oc1ccc(Cl)cc1C(=O)NC1CC(C(=O)O)C1. The van der Waals surface area contributed by atoms with Crippen LogP contribution in [0.4, 0.5) is 0 Å². The summed E-state index contributed by atoms with van der Waals surface area (Å²) in [5.41, 5.74) is 0.370. The summed E-state index contributed by atoms with van der Waals surface area (Å²) in [6.45, 7) is 3.75. The fraction of sp³-hybridized carbons (Fsp3) is 0.467. The molecule has 5 nitrogen and oxygen atoms in total. The molecule has 0 unspecified atom stereocenters. The van der Waals surface area contributed by atoms with Gasteiger partial charge in [0.15, 0.2) is 0 Å². The van der Waals surface area contributed by atoms with Gasteiger partial charge in [-0.3, -0.25) is 9.59 Å². The van der Waals surface area contributed by atoms with Gasteiger partial charge in [-0.25, -0.2) is 0 Å². The van der Waals surface area contributed by atoms with Crippen molar-refractivity contribution in [1.29, 1.82) is 0 Å². The lowest BCUT2D eigenvalue weighted by Crippen LogP contribution is -2.46. The van der Waals surface area contributed by atoms with Crippen LogP contribution in [0.2, 0.25) is 5.02 Å². The molecule has 1 aromatic rings. The van der Waals surface area contributed by atoms with Gasteiger partial charge in [0.05, 0.1) is 17.6 Å². The lowest BCUT2D eigenvalue weighted by Gasteiger charge is -2.33. The average Bonchev–Trinajstić information content (AvgIpc) is 2.34. The maximum Gasteiger partial charge on any atom is 0.306 e. The second kappa shape index (κ2) is 6.35. The van der Waals surface area contributed by atoms with Crippen LogP contribution in [0.5, 0.6) is 5.75 Å². The first kappa shape index (κ1) is 15.6. The second-order valence-corrected chi connectivity index (χ2v) is 5.92. The number of rotatable bonds is 5. The normalized spacial score (nSPS) is 20.8. The van der Waals surface area contributed by atoms with Crippen molar-refractivity contribution in [3.63, 3.8) is 0 Å². The maximum atomic E-state index is 12.3. The molecule has 1 aliphatic carbocycles. The van der Waals surface area contributed by atoms with Crippen molar-refractivity contribution in [3.05, 3.63) is 28.8 Å². The standard InChI is InChI=1S/C15H18ClNO4/c1-8(2)21-13-4-3-10(16)7-12(13)14(18)17-11-5-9(6-11)15(19)20/h3-4,7-9,11H,5-6H2,1-2H3,(H,17,18)(H,19,20). The quantitative estimate of drug-likeness (QED) is 0.876. The van der Waals surface area contributed by atoms with Gasteiger partial charge in [0.2, 0.25) is 0 Å². The Morgan fingerprint density at radius 3 is 2.62 bits per heavy atom. The van der Waals surface area contributed by atoms with E-state index < -0.39 is 5.97 Å². The monoisotopic (exact) mass is 311 g/mol. The van der Waals surface area contributed by atoms with Crippen LogP contribution >= 0.6 is 11.6 Å². The molecule has 114 valence electrons. The summed E-state index contributed by atoms with van der Waals surface area (Å²) in [7, 11) is 0. The van der Waals surface area contributed by atoms with Gasteiger partial charge in [-0.1, -0.05) is 11.6 Å². The van der Waals surface area contributed by atoms with E-state index in [1.165, 1.54) is 0 Å². The van der Waals surface area contributed by atoms with E-state index in [-0.39, 0.29) is 24.0 Å². The molecule has 0 aliphatic heterocycles. The van der Waals surface area contributed by atoms with E-state index in [1.807, 2.05) is 13.8 Å². The summed E-state index contributed by atoms with van der Waals surface area (Å²) in [5.74, 6) is -0.990. The van der Waals surface area contributed by atoms with Crippen LogP contribution in [0, 0.1) is 5.92 Å². The highest BCUT2D eigenvalue weighted by atomic mass is 35.5. The summed E-state index contributed by atoms with van der Waals surface area (Å²) >= 11 is 5.93. The lowest BCUT2D eigenvalue weighted by molar-refractivity contribution is -0.145. The topological polar surface area (TPSA) is 75.6 Å². The first-order chi connectivity index (χ1) is 9.86. The molecule has 1 fully saturated rings. The highest BCUT2D eigenvalue weighted by Gasteiger charge is 2.35. The van der Waals surface area contributed by atoms with Gasteiger partial charge in [-0.15, -0.1) is 0 Å². The number of amides is 1. The third-order valence-electron chi connectivity index (χ3n) is 3.37. The number of ether oxygens (including phenoxy) is 1. The predicted molar refractivity (Wildman–Crippen MR) is 78.8 cm³/mol. The Labute approximate surface area is 128 Å². The Hall–Kier alpha value is -1.75. The third-order valence-corrected chi connectivity index (χ3v) is 3.61. The molecule has 0 heterocycles. The van der Waals surface area contributed by atoms with Crippen LogP contribution in [0.15, 0.2) is 18.2 Å². The highest BCUT2D eigenvalue weighted by Crippen LogP contribution is 2.29. The van der Waals surface area contributed by atoms with Crippen molar-refractivity contribution in [2.45, 2.75) is 38.8 Å². The first-order valence-corrected chi connectivity index (χ1v) is 7.24. The van der Waals surface area contributed by atoms with Crippen molar-refractivity contribution in [3.8, 4) is 5.75 Å². The van der Waals surface area contributed by atoms with E-state index in [2.05, 4.69) is 5.32 Å². The van der Waals surface area contributed by atoms with Crippen LogP contribution in [-0.2, 0) is 4.79 Å². The number of carbonyl (C=O) groups is 2. The molecular formula is C15H18ClNO4. The van der Waals surface area contributed by atoms with Crippen LogP contribution in [0.25, 0.3) is 0 Å². The molecule has 0 spiro atoms. The molecule has 1 saturated carbocycles. The number of halogens is 1. The average molecular weight is 312 g/mol. The number of aliphatic carboxylic acids is 1. The number of benzene rings is 1. The first-order valence-electron chi connectivity index (χ1n) is 6.86. The molecule has 0 atom stereocenters. The molecule has 0 saturated heterocycles. The van der Waals surface area contributed by atoms with Gasteiger partial charge in [0.25, 0.3) is 5.91 Å². The maximum absolute atomic E-state index is 12.3. The molecule has 2 rings (SSSR count). The molecule has 2 N–H and O–H groups in total. The largest absolute Gasteiger partial charge is 0.490 e. The summed E-state index contributed by atoms with van der Waals surface area (Å²) in [4.78, 5) is 23.0. The number of hydrogen-bond donors (Lipinski definition) is 2. The number of carboxylic acids is 1. The van der Waals surface area contributed by atoms with Crippen molar-refractivity contribution in [2.24, 2.45) is 5.92 Å². The summed E-state index contributed by atoms with van der Waals surface area (Å²) in [6, 6.07) is 4.78. The lowest BCUT2D eigenvalue weighted by atomic mass is 9.80. The molecule has 1 amide bonds. The van der Waals surface area contributed by atoms with Crippen LogP contribution in [-0.4, -0.2) is 29.1 Å². The zero-order valence-corrected chi connectivity index (χ0v) is 12.7. The number of hydrogen-bond acceptors (Lipinski definition) is 3.